The molecule has 0 fully saturated rings. The van der Waals surface area contributed by atoms with Crippen LogP contribution in [0, 0.1) is 11.1 Å². The number of hydrogen-bond donors (Lipinski definition) is 3. The number of anilines is 1. The number of carbonyl (C=O) groups excluding carboxylic acids is 1. The van der Waals surface area contributed by atoms with Gasteiger partial charge in [-0.3, -0.25) is 0 Å². The molecule has 0 radical (unpaired) electrons. The van der Waals surface area contributed by atoms with Crippen LogP contribution in [-0.2, 0) is 16.0 Å². The number of fused-ring (bicyclic) bond motifs is 5. The first-order valence-electron chi connectivity index (χ1n) is 8.49. The minimum Gasteiger partial charge on any atom is -0.595 e. The first-order valence-corrected chi connectivity index (χ1v) is 8.49. The highest BCUT2D eigenvalue weighted by atomic mass is 16.8. The number of quaternary nitrogens is 1. The third kappa shape index (κ3) is 2.50. The van der Waals surface area contributed by atoms with Crippen molar-refractivity contribution in [1.29, 1.82) is 0 Å². The topological polar surface area (TPSA) is 86.1 Å². The maximum atomic E-state index is 12.6. The van der Waals surface area contributed by atoms with Crippen molar-refractivity contribution in [3.05, 3.63) is 64.4 Å². The average molecular weight is 340 g/mol. The molecule has 2 aromatic rings. The van der Waals surface area contributed by atoms with E-state index in [2.05, 4.69) is 17.4 Å². The Balaban J connectivity index is 1.88. The van der Waals surface area contributed by atoms with Crippen molar-refractivity contribution in [3.63, 3.8) is 0 Å². The van der Waals surface area contributed by atoms with Gasteiger partial charge in [0.2, 0.25) is 0 Å². The lowest BCUT2D eigenvalue weighted by Gasteiger charge is -2.36. The van der Waals surface area contributed by atoms with Gasteiger partial charge < -0.3 is 15.3 Å². The van der Waals surface area contributed by atoms with Gasteiger partial charge in [0, 0.05) is 17.9 Å². The molecule has 1 aliphatic carbocycles. The van der Waals surface area contributed by atoms with E-state index in [0.29, 0.717) is 12.3 Å². The van der Waals surface area contributed by atoms with Crippen LogP contribution in [0.15, 0.2) is 42.5 Å². The number of rotatable bonds is 3. The summed E-state index contributed by atoms with van der Waals surface area (Å²) in [5, 5.41) is 23.4. The lowest BCUT2D eigenvalue weighted by molar-refractivity contribution is -0.990. The summed E-state index contributed by atoms with van der Waals surface area (Å²) in [7, 11) is 0. The number of hydrogen-bond acceptors (Lipinski definition) is 5. The first-order chi connectivity index (χ1) is 12.1. The van der Waals surface area contributed by atoms with E-state index in [1.54, 1.807) is 19.1 Å². The van der Waals surface area contributed by atoms with E-state index < -0.39 is 11.3 Å². The predicted molar refractivity (Wildman–Crippen MR) is 91.7 cm³/mol. The van der Waals surface area contributed by atoms with Crippen molar-refractivity contribution in [3.8, 4) is 0 Å². The molecule has 4 rings (SSSR count). The Morgan fingerprint density at radius 2 is 2.04 bits per heavy atom. The van der Waals surface area contributed by atoms with Gasteiger partial charge in [0.15, 0.2) is 5.69 Å². The Morgan fingerprint density at radius 1 is 1.28 bits per heavy atom. The van der Waals surface area contributed by atoms with Gasteiger partial charge >= 0.3 is 5.97 Å². The van der Waals surface area contributed by atoms with Gasteiger partial charge in [-0.15, -0.1) is 0 Å². The molecular formula is C19H20N2O4. The summed E-state index contributed by atoms with van der Waals surface area (Å²) in [6.07, 6.45) is 0.772. The monoisotopic (exact) mass is 340 g/mol. The van der Waals surface area contributed by atoms with Crippen LogP contribution in [0.25, 0.3) is 0 Å². The van der Waals surface area contributed by atoms with Crippen LogP contribution in [0.2, 0.25) is 0 Å². The van der Waals surface area contributed by atoms with Crippen molar-refractivity contribution in [1.82, 2.24) is 0 Å². The van der Waals surface area contributed by atoms with Crippen molar-refractivity contribution in [2.24, 2.45) is 5.92 Å². The van der Waals surface area contributed by atoms with Gasteiger partial charge in [0.25, 0.3) is 0 Å². The molecule has 4 unspecified atom stereocenters. The van der Waals surface area contributed by atoms with Crippen molar-refractivity contribution in [2.75, 3.05) is 11.9 Å². The summed E-state index contributed by atoms with van der Waals surface area (Å²) in [5.41, 5.74) is 4.05. The number of carbonyl (C=O) groups is 1. The van der Waals surface area contributed by atoms with Crippen molar-refractivity contribution >= 4 is 17.3 Å². The van der Waals surface area contributed by atoms with E-state index in [1.807, 2.05) is 18.2 Å². The molecule has 4 atom stereocenters. The number of esters is 1. The molecule has 3 N–H and O–H groups in total. The molecule has 6 nitrogen and oxygen atoms in total. The van der Waals surface area contributed by atoms with Crippen molar-refractivity contribution < 1.29 is 20.0 Å². The Bertz CT molecular complexity index is 821. The van der Waals surface area contributed by atoms with Gasteiger partial charge in [0.1, 0.15) is 11.7 Å². The maximum Gasteiger partial charge on any atom is 0.328 e. The van der Waals surface area contributed by atoms with Gasteiger partial charge in [-0.2, -0.15) is 5.23 Å². The molecule has 0 amide bonds. The predicted octanol–water partition coefficient (Wildman–Crippen LogP) is 1.75. The third-order valence-electron chi connectivity index (χ3n) is 5.20. The standard InChI is InChI=1S/C19H20N2O4/c1-2-25-19(22)18-14-10-11-6-3-4-7-12(11)16(14)13-8-5-9-15(21(23)24)17(13)20-18/h3-9,14,16,18,20-21,23H,2,10H2,1H3. The Hall–Kier alpha value is -2.41. The average Bonchev–Trinajstić information content (AvgIpc) is 3.00. The van der Waals surface area contributed by atoms with E-state index >= 15 is 0 Å². The third-order valence-corrected chi connectivity index (χ3v) is 5.20. The SMILES string of the molecule is CCOC(=O)C1Nc2c(cccc2[NH+]([O-])O)C2c3ccccc3CC12. The summed E-state index contributed by atoms with van der Waals surface area (Å²) < 4.78 is 5.25. The summed E-state index contributed by atoms with van der Waals surface area (Å²) in [6.45, 7) is 2.08. The fourth-order valence-corrected chi connectivity index (χ4v) is 4.23. The van der Waals surface area contributed by atoms with E-state index in [4.69, 9.17) is 4.74 Å². The largest absolute Gasteiger partial charge is 0.595 e. The minimum atomic E-state index is -1.00. The van der Waals surface area contributed by atoms with Gasteiger partial charge in [-0.1, -0.05) is 36.4 Å². The van der Waals surface area contributed by atoms with E-state index in [9.17, 15) is 15.2 Å². The fourth-order valence-electron chi connectivity index (χ4n) is 4.23. The fraction of sp³-hybridized carbons (Fsp3) is 0.316. The lowest BCUT2D eigenvalue weighted by atomic mass is 9.77. The second-order valence-corrected chi connectivity index (χ2v) is 6.49. The highest BCUT2D eigenvalue weighted by Gasteiger charge is 2.47. The van der Waals surface area contributed by atoms with Crippen LogP contribution < -0.4 is 10.5 Å². The summed E-state index contributed by atoms with van der Waals surface area (Å²) >= 11 is 0. The highest BCUT2D eigenvalue weighted by Crippen LogP contribution is 2.51. The van der Waals surface area contributed by atoms with Crippen LogP contribution in [0.3, 0.4) is 0 Å². The molecule has 2 aliphatic rings. The maximum absolute atomic E-state index is 12.6. The second kappa shape index (κ2) is 6.15. The molecule has 0 bridgehead atoms. The molecule has 130 valence electrons. The molecule has 0 saturated heterocycles. The lowest BCUT2D eigenvalue weighted by Crippen LogP contribution is -2.99. The smallest absolute Gasteiger partial charge is 0.328 e. The van der Waals surface area contributed by atoms with Crippen LogP contribution in [0.4, 0.5) is 11.4 Å². The van der Waals surface area contributed by atoms with Gasteiger partial charge in [0.05, 0.1) is 6.61 Å². The van der Waals surface area contributed by atoms with Gasteiger partial charge in [-0.05, 0) is 30.0 Å². The zero-order valence-electron chi connectivity index (χ0n) is 13.9. The van der Waals surface area contributed by atoms with E-state index in [0.717, 1.165) is 12.0 Å². The van der Waals surface area contributed by atoms with E-state index in [1.165, 1.54) is 11.1 Å². The Morgan fingerprint density at radius 3 is 2.80 bits per heavy atom. The molecule has 1 heterocycles. The number of nitrogens with one attached hydrogen (secondary N) is 2. The van der Waals surface area contributed by atoms with Crippen LogP contribution >= 0.6 is 0 Å². The zero-order chi connectivity index (χ0) is 17.6. The van der Waals surface area contributed by atoms with Crippen LogP contribution in [0.5, 0.6) is 0 Å². The highest BCUT2D eigenvalue weighted by molar-refractivity contribution is 5.85. The Kier molecular flexibility index (Phi) is 3.95. The quantitative estimate of drug-likeness (QED) is 0.585. The normalized spacial score (nSPS) is 24.5. The van der Waals surface area contributed by atoms with Gasteiger partial charge in [-0.25, -0.2) is 10.0 Å². The second-order valence-electron chi connectivity index (χ2n) is 6.49. The van der Waals surface area contributed by atoms with Crippen LogP contribution in [-0.4, -0.2) is 23.8 Å². The molecular weight excluding hydrogens is 320 g/mol. The molecule has 0 aromatic heterocycles. The molecule has 25 heavy (non-hydrogen) atoms. The molecule has 6 heteroatoms. The summed E-state index contributed by atoms with van der Waals surface area (Å²) in [5.74, 6) is -0.301. The van der Waals surface area contributed by atoms with E-state index in [-0.39, 0.29) is 23.5 Å². The molecule has 0 saturated carbocycles. The molecule has 1 aliphatic heterocycles. The number of para-hydroxylation sites is 1. The summed E-state index contributed by atoms with van der Waals surface area (Å²) in [6, 6.07) is 12.9. The molecule has 2 aromatic carbocycles. The minimum absolute atomic E-state index is 0.00107. The number of ether oxygens (including phenoxy) is 1. The molecule has 0 spiro atoms. The Labute approximate surface area is 145 Å². The number of benzene rings is 2. The first kappa shape index (κ1) is 16.1. The zero-order valence-corrected chi connectivity index (χ0v) is 13.9. The summed E-state index contributed by atoms with van der Waals surface area (Å²) in [4.78, 5) is 12.6. The van der Waals surface area contributed by atoms with Crippen LogP contribution in [0.1, 0.15) is 29.5 Å². The van der Waals surface area contributed by atoms with Crippen molar-refractivity contribution in [2.45, 2.75) is 25.3 Å².